The molecule has 2 aliphatic rings. The summed E-state index contributed by atoms with van der Waals surface area (Å²) in [6, 6.07) is 24.2. The van der Waals surface area contributed by atoms with Gasteiger partial charge in [0.1, 0.15) is 19.0 Å². The smallest absolute Gasteiger partial charge is 0.410 e. The van der Waals surface area contributed by atoms with Crippen LogP contribution in [0.3, 0.4) is 0 Å². The molecule has 4 bridgehead atoms. The third kappa shape index (κ3) is 9.40. The molecule has 11 heteroatoms. The van der Waals surface area contributed by atoms with E-state index in [0.29, 0.717) is 24.1 Å². The van der Waals surface area contributed by atoms with E-state index in [-0.39, 0.29) is 61.2 Å². The number of rotatable bonds is 7. The van der Waals surface area contributed by atoms with E-state index in [4.69, 9.17) is 9.47 Å². The monoisotopic (exact) mass is 748 g/mol. The molecule has 2 heterocycles. The van der Waals surface area contributed by atoms with Crippen LogP contribution in [0.2, 0.25) is 0 Å². The second-order valence-corrected chi connectivity index (χ2v) is 15.4. The van der Waals surface area contributed by atoms with Crippen LogP contribution < -0.4 is 15.0 Å². The van der Waals surface area contributed by atoms with Crippen LogP contribution in [0.1, 0.15) is 78.8 Å². The number of aliphatic hydroxyl groups is 1. The van der Waals surface area contributed by atoms with Gasteiger partial charge in [0.25, 0.3) is 5.91 Å². The van der Waals surface area contributed by atoms with Crippen molar-refractivity contribution in [1.82, 2.24) is 15.2 Å². The summed E-state index contributed by atoms with van der Waals surface area (Å²) in [6.45, 7) is 9.59. The Hall–Kier alpha value is -5.55. The number of aryl methyl sites for hydroxylation is 1. The Labute approximate surface area is 322 Å². The van der Waals surface area contributed by atoms with Crippen molar-refractivity contribution in [2.45, 2.75) is 83.6 Å². The van der Waals surface area contributed by atoms with Gasteiger partial charge in [0.05, 0.1) is 24.2 Å². The van der Waals surface area contributed by atoms with Crippen molar-refractivity contribution in [2.24, 2.45) is 0 Å². The first-order valence-corrected chi connectivity index (χ1v) is 18.6. The van der Waals surface area contributed by atoms with E-state index in [1.165, 1.54) is 24.0 Å². The van der Waals surface area contributed by atoms with Crippen molar-refractivity contribution in [3.05, 3.63) is 136 Å². The molecular formula is C44H49FN4O6. The summed E-state index contributed by atoms with van der Waals surface area (Å²) < 4.78 is 26.6. The first-order valence-electron chi connectivity index (χ1n) is 18.6. The van der Waals surface area contributed by atoms with Crippen molar-refractivity contribution in [3.63, 3.8) is 0 Å². The highest BCUT2D eigenvalue weighted by Gasteiger charge is 2.53. The highest BCUT2D eigenvalue weighted by molar-refractivity contribution is 5.97. The average molecular weight is 749 g/mol. The molecule has 0 spiro atoms. The van der Waals surface area contributed by atoms with E-state index >= 15 is 0 Å². The number of benzene rings is 3. The number of halogens is 1. The fraction of sp³-hybridized carbons (Fsp3) is 0.364. The molecule has 1 saturated carbocycles. The second-order valence-electron chi connectivity index (χ2n) is 15.4. The number of fused-ring (bicyclic) bond motifs is 4. The molecule has 0 radical (unpaired) electrons. The maximum atomic E-state index is 14.9. The van der Waals surface area contributed by atoms with Crippen LogP contribution >= 0.6 is 0 Å². The third-order valence-electron chi connectivity index (χ3n) is 10.2. The molecule has 1 fully saturated rings. The van der Waals surface area contributed by atoms with Gasteiger partial charge in [-0.05, 0) is 84.2 Å². The van der Waals surface area contributed by atoms with Gasteiger partial charge in [-0.15, -0.1) is 0 Å². The molecule has 2 N–H and O–H groups in total. The van der Waals surface area contributed by atoms with Gasteiger partial charge in [0, 0.05) is 24.7 Å². The zero-order valence-corrected chi connectivity index (χ0v) is 32.1. The topological polar surface area (TPSA) is 121 Å². The first kappa shape index (κ1) is 39.2. The number of nitrogens with one attached hydrogen (secondary N) is 1. The predicted octanol–water partition coefficient (Wildman–Crippen LogP) is 7.16. The number of nitrogens with zero attached hydrogens (tertiary/aromatic N) is 3. The van der Waals surface area contributed by atoms with Crippen molar-refractivity contribution in [3.8, 4) is 5.75 Å². The summed E-state index contributed by atoms with van der Waals surface area (Å²) in [5.74, 6) is -1.09. The molecular weight excluding hydrogens is 700 g/mol. The Morgan fingerprint density at radius 1 is 1.05 bits per heavy atom. The minimum absolute atomic E-state index is 0.00141. The van der Waals surface area contributed by atoms with Gasteiger partial charge in [-0.1, -0.05) is 87.5 Å². The molecule has 2 atom stereocenters. The molecule has 10 nitrogen and oxygen atoms in total. The van der Waals surface area contributed by atoms with Gasteiger partial charge >= 0.3 is 6.09 Å². The molecule has 0 saturated heterocycles. The number of hydrogen-bond donors (Lipinski definition) is 2. The SMILES string of the molecule is CC(=O)N1C/C=C\COc2cc(ccc2F)C[C@@H]([C@H](O)CN(C(=O)OCc2ccccc2)C2(c3cccc(C(C)(C)C)c3)CC2)NC(=O)c2cc(C)nc1c2. The number of carbonyl (C=O) groups excluding carboxylic acids is 3. The number of pyridine rings is 1. The van der Waals surface area contributed by atoms with Gasteiger partial charge in [-0.25, -0.2) is 14.2 Å². The molecule has 288 valence electrons. The second kappa shape index (κ2) is 16.4. The van der Waals surface area contributed by atoms with E-state index in [2.05, 4.69) is 43.2 Å². The van der Waals surface area contributed by atoms with Crippen LogP contribution in [-0.2, 0) is 33.5 Å². The normalized spacial score (nSPS) is 18.0. The zero-order valence-electron chi connectivity index (χ0n) is 32.1. The fourth-order valence-electron chi connectivity index (χ4n) is 6.91. The number of hydrogen-bond acceptors (Lipinski definition) is 7. The van der Waals surface area contributed by atoms with E-state index in [9.17, 15) is 23.9 Å². The molecule has 1 aliphatic heterocycles. The highest BCUT2D eigenvalue weighted by atomic mass is 19.1. The zero-order chi connectivity index (χ0) is 39.3. The predicted molar refractivity (Wildman–Crippen MR) is 208 cm³/mol. The number of amides is 3. The molecule has 3 amide bonds. The molecule has 4 aromatic rings. The maximum Gasteiger partial charge on any atom is 0.410 e. The van der Waals surface area contributed by atoms with Crippen molar-refractivity contribution in [1.29, 1.82) is 0 Å². The van der Waals surface area contributed by atoms with Crippen LogP contribution in [-0.4, -0.2) is 64.7 Å². The molecule has 1 aliphatic carbocycles. The van der Waals surface area contributed by atoms with E-state index in [0.717, 1.165) is 16.7 Å². The minimum Gasteiger partial charge on any atom is -0.486 e. The first-order chi connectivity index (χ1) is 26.2. The summed E-state index contributed by atoms with van der Waals surface area (Å²) in [4.78, 5) is 48.5. The van der Waals surface area contributed by atoms with Crippen LogP contribution in [0, 0.1) is 12.7 Å². The molecule has 1 aromatic heterocycles. The Bertz CT molecular complexity index is 2060. The number of ether oxygens (including phenoxy) is 2. The summed E-state index contributed by atoms with van der Waals surface area (Å²) in [7, 11) is 0. The molecule has 55 heavy (non-hydrogen) atoms. The Morgan fingerprint density at radius 2 is 1.82 bits per heavy atom. The minimum atomic E-state index is -1.30. The van der Waals surface area contributed by atoms with Crippen molar-refractivity contribution < 1.29 is 33.4 Å². The van der Waals surface area contributed by atoms with Gasteiger partial charge in [-0.3, -0.25) is 19.4 Å². The van der Waals surface area contributed by atoms with Crippen LogP contribution in [0.4, 0.5) is 15.0 Å². The highest BCUT2D eigenvalue weighted by Crippen LogP contribution is 2.52. The summed E-state index contributed by atoms with van der Waals surface area (Å²) >= 11 is 0. The standard InChI is InChI=1S/C44H49FN4O6/c1-29-22-33-25-40(46-29)48(30(2)50)20-9-10-21-54-39-24-32(16-17-36(39)45)23-37(47-41(33)52)38(51)27-49(42(53)55-28-31-12-7-6-8-13-31)44(18-19-44)35-15-11-14-34(26-35)43(3,4)5/h6-17,22,24-26,37-38,51H,18-21,23,27-28H2,1-5H3,(H,47,52)/b10-9-/t37-,38+/m0/s1. The summed E-state index contributed by atoms with van der Waals surface area (Å²) in [5.41, 5.74) is 3.35. The number of carbonyl (C=O) groups is 3. The van der Waals surface area contributed by atoms with Gasteiger partial charge in [0.2, 0.25) is 5.91 Å². The summed E-state index contributed by atoms with van der Waals surface area (Å²) in [6.07, 6.45) is 2.89. The summed E-state index contributed by atoms with van der Waals surface area (Å²) in [5, 5.41) is 15.2. The average Bonchev–Trinajstić information content (AvgIpc) is 3.96. The maximum absolute atomic E-state index is 14.9. The lowest BCUT2D eigenvalue weighted by atomic mass is 9.85. The number of anilines is 1. The molecule has 3 aromatic carbocycles. The van der Waals surface area contributed by atoms with E-state index in [1.807, 2.05) is 42.5 Å². The molecule has 6 rings (SSSR count). The lowest BCUT2D eigenvalue weighted by Crippen LogP contribution is -2.53. The third-order valence-corrected chi connectivity index (χ3v) is 10.2. The Kier molecular flexibility index (Phi) is 11.7. The number of aromatic nitrogens is 1. The lowest BCUT2D eigenvalue weighted by molar-refractivity contribution is -0.116. The Morgan fingerprint density at radius 3 is 2.53 bits per heavy atom. The number of aliphatic hydroxyl groups excluding tert-OH is 1. The van der Waals surface area contributed by atoms with Gasteiger partial charge < -0.3 is 19.9 Å². The lowest BCUT2D eigenvalue weighted by Gasteiger charge is -2.36. The van der Waals surface area contributed by atoms with Crippen LogP contribution in [0.5, 0.6) is 5.75 Å². The van der Waals surface area contributed by atoms with Crippen molar-refractivity contribution in [2.75, 3.05) is 24.6 Å². The quantitative estimate of drug-likeness (QED) is 0.193. The van der Waals surface area contributed by atoms with Gasteiger partial charge in [-0.2, -0.15) is 0 Å². The molecule has 0 unspecified atom stereocenters. The van der Waals surface area contributed by atoms with Gasteiger partial charge in [0.15, 0.2) is 11.6 Å². The fourth-order valence-corrected chi connectivity index (χ4v) is 6.91. The van der Waals surface area contributed by atoms with E-state index in [1.54, 1.807) is 42.2 Å². The largest absolute Gasteiger partial charge is 0.486 e. The van der Waals surface area contributed by atoms with Crippen molar-refractivity contribution >= 4 is 23.7 Å². The van der Waals surface area contributed by atoms with E-state index < -0.39 is 35.5 Å². The Balaban J connectivity index is 1.37. The van der Waals surface area contributed by atoms with Crippen LogP contribution in [0.15, 0.2) is 97.1 Å². The van der Waals surface area contributed by atoms with Crippen LogP contribution in [0.25, 0.3) is 0 Å².